The molecule has 0 spiro atoms. The molecule has 1 aromatic carbocycles. The van der Waals surface area contributed by atoms with Gasteiger partial charge in [-0.1, -0.05) is 0 Å². The average Bonchev–Trinajstić information content (AvgIpc) is 3.21. The number of nitrogens with zero attached hydrogens (tertiary/aromatic N) is 4. The summed E-state index contributed by atoms with van der Waals surface area (Å²) < 4.78 is 0.959. The third-order valence-corrected chi connectivity index (χ3v) is 6.62. The number of hydrogen-bond acceptors (Lipinski definition) is 4. The minimum absolute atomic E-state index is 0.102. The predicted octanol–water partition coefficient (Wildman–Crippen LogP) is 1.76. The standard InChI is InChI=1S/C20H26BrN6O2/c21-17-12-14(11-15-13-23-24-19(15)17)1-2-18(28)26-5-3-16(4-6-26)25-7-9-27(10-8-25)20(22)29/h2,11-13,16H,1,3-10H2,(H2,22,29)(H,23,24). The number of aromatic nitrogens is 2. The van der Waals surface area contributed by atoms with Crippen molar-refractivity contribution >= 4 is 38.8 Å². The molecule has 2 aliphatic rings. The van der Waals surface area contributed by atoms with Crippen LogP contribution in [0.2, 0.25) is 0 Å². The zero-order chi connectivity index (χ0) is 20.4. The quantitative estimate of drug-likeness (QED) is 0.724. The minimum atomic E-state index is -0.334. The number of hydrogen-bond donors (Lipinski definition) is 2. The van der Waals surface area contributed by atoms with E-state index < -0.39 is 0 Å². The Labute approximate surface area is 178 Å². The first kappa shape index (κ1) is 20.2. The van der Waals surface area contributed by atoms with Gasteiger partial charge in [0.2, 0.25) is 5.91 Å². The van der Waals surface area contributed by atoms with Crippen molar-refractivity contribution in [1.29, 1.82) is 0 Å². The van der Waals surface area contributed by atoms with Gasteiger partial charge in [-0.15, -0.1) is 0 Å². The number of amides is 3. The van der Waals surface area contributed by atoms with Crippen molar-refractivity contribution in [2.24, 2.45) is 5.73 Å². The molecule has 2 saturated heterocycles. The summed E-state index contributed by atoms with van der Waals surface area (Å²) in [7, 11) is 0. The molecule has 3 heterocycles. The second-order valence-electron chi connectivity index (χ2n) is 7.74. The smallest absolute Gasteiger partial charge is 0.314 e. The number of piperazine rings is 1. The van der Waals surface area contributed by atoms with Gasteiger partial charge in [0.25, 0.3) is 0 Å². The fourth-order valence-electron chi connectivity index (χ4n) is 4.28. The molecular weight excluding hydrogens is 436 g/mol. The summed E-state index contributed by atoms with van der Waals surface area (Å²) in [5.74, 6) is 0.102. The first-order valence-corrected chi connectivity index (χ1v) is 10.8. The van der Waals surface area contributed by atoms with E-state index in [9.17, 15) is 9.59 Å². The molecule has 9 heteroatoms. The van der Waals surface area contributed by atoms with E-state index >= 15 is 0 Å². The first-order valence-electron chi connectivity index (χ1n) is 10.0. The number of fused-ring (bicyclic) bond motifs is 1. The Morgan fingerprint density at radius 3 is 2.55 bits per heavy atom. The molecule has 0 saturated carbocycles. The highest BCUT2D eigenvalue weighted by atomic mass is 79.9. The van der Waals surface area contributed by atoms with E-state index in [1.165, 1.54) is 0 Å². The lowest BCUT2D eigenvalue weighted by molar-refractivity contribution is -0.129. The number of aromatic amines is 1. The second kappa shape index (κ2) is 8.71. The van der Waals surface area contributed by atoms with Gasteiger partial charge in [-0.2, -0.15) is 5.10 Å². The number of nitrogens with one attached hydrogen (secondary N) is 1. The molecule has 0 unspecified atom stereocenters. The Bertz CT molecular complexity index is 884. The van der Waals surface area contributed by atoms with Crippen molar-refractivity contribution in [3.05, 3.63) is 34.8 Å². The summed E-state index contributed by atoms with van der Waals surface area (Å²) in [6.07, 6.45) is 6.12. The van der Waals surface area contributed by atoms with Crippen molar-refractivity contribution in [3.63, 3.8) is 0 Å². The van der Waals surface area contributed by atoms with E-state index in [1.807, 2.05) is 11.0 Å². The maximum Gasteiger partial charge on any atom is 0.314 e. The number of rotatable bonds is 4. The van der Waals surface area contributed by atoms with Crippen LogP contribution < -0.4 is 5.73 Å². The third-order valence-electron chi connectivity index (χ3n) is 5.99. The zero-order valence-corrected chi connectivity index (χ0v) is 17.9. The summed E-state index contributed by atoms with van der Waals surface area (Å²) in [5, 5.41) is 8.05. The summed E-state index contributed by atoms with van der Waals surface area (Å²) in [4.78, 5) is 30.0. The van der Waals surface area contributed by atoms with E-state index in [2.05, 4.69) is 37.1 Å². The maximum absolute atomic E-state index is 12.6. The molecule has 2 aromatic rings. The Kier molecular flexibility index (Phi) is 6.05. The van der Waals surface area contributed by atoms with Gasteiger partial charge in [0.1, 0.15) is 0 Å². The largest absolute Gasteiger partial charge is 0.351 e. The number of urea groups is 1. The molecular formula is C20H26BrN6O2. The first-order chi connectivity index (χ1) is 14.0. The molecule has 1 aromatic heterocycles. The number of primary amides is 1. The summed E-state index contributed by atoms with van der Waals surface area (Å²) in [6.45, 7) is 4.66. The normalized spacial score (nSPS) is 19.1. The lowest BCUT2D eigenvalue weighted by Gasteiger charge is -2.42. The molecule has 155 valence electrons. The van der Waals surface area contributed by atoms with Gasteiger partial charge in [0, 0.05) is 55.2 Å². The Morgan fingerprint density at radius 1 is 1.14 bits per heavy atom. The molecule has 2 fully saturated rings. The highest BCUT2D eigenvalue weighted by molar-refractivity contribution is 9.10. The molecule has 3 N–H and O–H groups in total. The van der Waals surface area contributed by atoms with Gasteiger partial charge in [-0.25, -0.2) is 4.79 Å². The number of nitrogens with two attached hydrogens (primary N) is 1. The van der Waals surface area contributed by atoms with E-state index in [-0.39, 0.29) is 11.9 Å². The average molecular weight is 462 g/mol. The van der Waals surface area contributed by atoms with Crippen molar-refractivity contribution in [1.82, 2.24) is 24.9 Å². The highest BCUT2D eigenvalue weighted by Gasteiger charge is 2.29. The van der Waals surface area contributed by atoms with Crippen LogP contribution in [-0.2, 0) is 11.2 Å². The summed E-state index contributed by atoms with van der Waals surface area (Å²) >= 11 is 3.55. The van der Waals surface area contributed by atoms with Crippen LogP contribution in [0.15, 0.2) is 22.8 Å². The number of benzene rings is 1. The Balaban J connectivity index is 1.24. The molecule has 4 rings (SSSR count). The van der Waals surface area contributed by atoms with Gasteiger partial charge in [-0.05, 0) is 52.9 Å². The van der Waals surface area contributed by atoms with E-state index in [0.717, 1.165) is 60.0 Å². The third kappa shape index (κ3) is 4.56. The van der Waals surface area contributed by atoms with Crippen molar-refractivity contribution in [3.8, 4) is 0 Å². The monoisotopic (exact) mass is 461 g/mol. The Hall–Kier alpha value is -2.13. The lowest BCUT2D eigenvalue weighted by Crippen LogP contribution is -2.55. The molecule has 0 bridgehead atoms. The van der Waals surface area contributed by atoms with Gasteiger partial charge >= 0.3 is 6.03 Å². The molecule has 29 heavy (non-hydrogen) atoms. The van der Waals surface area contributed by atoms with E-state index in [1.54, 1.807) is 17.5 Å². The van der Waals surface area contributed by atoms with E-state index in [0.29, 0.717) is 25.6 Å². The minimum Gasteiger partial charge on any atom is -0.351 e. The zero-order valence-electron chi connectivity index (χ0n) is 16.3. The molecule has 8 nitrogen and oxygen atoms in total. The van der Waals surface area contributed by atoms with Gasteiger partial charge < -0.3 is 15.5 Å². The number of H-pyrrole nitrogens is 1. The maximum atomic E-state index is 12.6. The summed E-state index contributed by atoms with van der Waals surface area (Å²) in [6, 6.07) is 4.24. The summed E-state index contributed by atoms with van der Waals surface area (Å²) in [5.41, 5.74) is 7.41. The van der Waals surface area contributed by atoms with Crippen LogP contribution >= 0.6 is 15.9 Å². The van der Waals surface area contributed by atoms with Crippen LogP contribution in [0.3, 0.4) is 0 Å². The van der Waals surface area contributed by atoms with Crippen LogP contribution in [0.25, 0.3) is 10.9 Å². The number of likely N-dealkylation sites (tertiary alicyclic amines) is 1. The van der Waals surface area contributed by atoms with Gasteiger partial charge in [0.15, 0.2) is 0 Å². The predicted molar refractivity (Wildman–Crippen MR) is 114 cm³/mol. The van der Waals surface area contributed by atoms with Crippen molar-refractivity contribution in [2.75, 3.05) is 39.3 Å². The highest BCUT2D eigenvalue weighted by Crippen LogP contribution is 2.25. The molecule has 1 radical (unpaired) electrons. The van der Waals surface area contributed by atoms with Crippen LogP contribution in [0.1, 0.15) is 18.4 Å². The Morgan fingerprint density at radius 2 is 1.86 bits per heavy atom. The van der Waals surface area contributed by atoms with Gasteiger partial charge in [0.05, 0.1) is 18.1 Å². The fraction of sp³-hybridized carbons (Fsp3) is 0.500. The number of piperidine rings is 1. The second-order valence-corrected chi connectivity index (χ2v) is 8.59. The topological polar surface area (TPSA) is 98.6 Å². The van der Waals surface area contributed by atoms with Crippen LogP contribution in [0.4, 0.5) is 4.79 Å². The number of carbonyl (C=O) groups excluding carboxylic acids is 2. The molecule has 3 amide bonds. The van der Waals surface area contributed by atoms with Crippen molar-refractivity contribution < 1.29 is 9.59 Å². The number of halogens is 1. The SMILES string of the molecule is NC(=O)N1CCN(C2CCN(C(=O)[CH]Cc3cc(Br)c4[nH]ncc4c3)CC2)CC1. The van der Waals surface area contributed by atoms with Gasteiger partial charge in [-0.3, -0.25) is 14.8 Å². The van der Waals surface area contributed by atoms with Crippen LogP contribution in [0, 0.1) is 6.42 Å². The number of carbonyl (C=O) groups is 2. The van der Waals surface area contributed by atoms with E-state index in [4.69, 9.17) is 5.73 Å². The van der Waals surface area contributed by atoms with Crippen LogP contribution in [0.5, 0.6) is 0 Å². The van der Waals surface area contributed by atoms with Crippen LogP contribution in [-0.4, -0.2) is 82.1 Å². The molecule has 2 aliphatic heterocycles. The van der Waals surface area contributed by atoms with Crippen molar-refractivity contribution in [2.45, 2.75) is 25.3 Å². The molecule has 0 aliphatic carbocycles. The molecule has 0 atom stereocenters. The lowest BCUT2D eigenvalue weighted by atomic mass is 10.0. The fourth-order valence-corrected chi connectivity index (χ4v) is 4.90.